The Hall–Kier alpha value is -2.06. The third kappa shape index (κ3) is 2.76. The maximum atomic E-state index is 12.9. The highest BCUT2D eigenvalue weighted by molar-refractivity contribution is 7.87. The number of benzene rings is 1. The first-order valence-electron chi connectivity index (χ1n) is 7.46. The summed E-state index contributed by atoms with van der Waals surface area (Å²) in [5.74, 6) is -0.502. The molecule has 0 aliphatic carbocycles. The number of nitrogens with zero attached hydrogens (tertiary/aromatic N) is 4. The van der Waals surface area contributed by atoms with Crippen LogP contribution in [0.3, 0.4) is 0 Å². The molecule has 2 aromatic rings. The van der Waals surface area contributed by atoms with Gasteiger partial charge in [-0.25, -0.2) is 4.98 Å². The minimum Gasteiger partial charge on any atom is -0.285 e. The van der Waals surface area contributed by atoms with E-state index in [-0.39, 0.29) is 11.6 Å². The fourth-order valence-corrected chi connectivity index (χ4v) is 3.27. The summed E-state index contributed by atoms with van der Waals surface area (Å²) < 4.78 is 25.8. The Bertz CT molecular complexity index is 898. The predicted molar refractivity (Wildman–Crippen MR) is 91.6 cm³/mol. The summed E-state index contributed by atoms with van der Waals surface area (Å²) in [6.45, 7) is 9.73. The molecule has 0 aliphatic rings. The zero-order chi connectivity index (χ0) is 18.4. The van der Waals surface area contributed by atoms with Crippen LogP contribution in [0.4, 0.5) is 0 Å². The highest BCUT2D eigenvalue weighted by Gasteiger charge is 2.25. The SMILES string of the molecule is Cc1c(C)c(C)c(C(=O)c2ncn(S(=O)(=O)N(C)C)n2)c(C)c1C. The summed E-state index contributed by atoms with van der Waals surface area (Å²) in [6, 6.07) is 0. The first-order valence-corrected chi connectivity index (χ1v) is 8.86. The van der Waals surface area contributed by atoms with E-state index < -0.39 is 10.2 Å². The van der Waals surface area contributed by atoms with Gasteiger partial charge in [0.25, 0.3) is 0 Å². The highest BCUT2D eigenvalue weighted by Crippen LogP contribution is 2.27. The fourth-order valence-electron chi connectivity index (χ4n) is 2.58. The van der Waals surface area contributed by atoms with Gasteiger partial charge in [0.2, 0.25) is 11.6 Å². The first kappa shape index (κ1) is 18.3. The van der Waals surface area contributed by atoms with Gasteiger partial charge in [0.1, 0.15) is 6.33 Å². The van der Waals surface area contributed by atoms with Crippen molar-refractivity contribution in [2.45, 2.75) is 34.6 Å². The average molecular weight is 350 g/mol. The Morgan fingerprint density at radius 3 is 1.88 bits per heavy atom. The molecule has 0 saturated carbocycles. The number of rotatable bonds is 4. The zero-order valence-corrected chi connectivity index (χ0v) is 15.8. The molecule has 0 radical (unpaired) electrons. The summed E-state index contributed by atoms with van der Waals surface area (Å²) in [6.07, 6.45) is 1.04. The van der Waals surface area contributed by atoms with E-state index in [0.717, 1.165) is 38.4 Å². The Labute approximate surface area is 142 Å². The normalized spacial score (nSPS) is 12.0. The Morgan fingerprint density at radius 1 is 0.958 bits per heavy atom. The summed E-state index contributed by atoms with van der Waals surface area (Å²) in [7, 11) is -1.01. The van der Waals surface area contributed by atoms with Crippen LogP contribution in [-0.2, 0) is 10.2 Å². The third-order valence-corrected chi connectivity index (χ3v) is 6.17. The summed E-state index contributed by atoms with van der Waals surface area (Å²) >= 11 is 0. The quantitative estimate of drug-likeness (QED) is 0.784. The predicted octanol–water partition coefficient (Wildman–Crippen LogP) is 1.71. The molecule has 24 heavy (non-hydrogen) atoms. The molecule has 0 amide bonds. The van der Waals surface area contributed by atoms with Crippen molar-refractivity contribution >= 4 is 16.0 Å². The van der Waals surface area contributed by atoms with Crippen LogP contribution in [0, 0.1) is 34.6 Å². The van der Waals surface area contributed by atoms with E-state index >= 15 is 0 Å². The van der Waals surface area contributed by atoms with Crippen LogP contribution < -0.4 is 0 Å². The molecule has 1 aromatic carbocycles. The standard InChI is InChI=1S/C16H22N4O3S/c1-9-10(2)12(4)14(13(5)11(9)3)15(21)16-17-8-20(18-16)24(22,23)19(6)7/h8H,1-7H3. The second-order valence-electron chi connectivity index (χ2n) is 6.06. The molecule has 0 unspecified atom stereocenters. The maximum absolute atomic E-state index is 12.9. The van der Waals surface area contributed by atoms with Crippen LogP contribution in [0.5, 0.6) is 0 Å². The van der Waals surface area contributed by atoms with Gasteiger partial charge in [0.15, 0.2) is 0 Å². The topological polar surface area (TPSA) is 85.2 Å². The smallest absolute Gasteiger partial charge is 0.285 e. The Morgan fingerprint density at radius 2 is 1.42 bits per heavy atom. The number of carbonyl (C=O) groups is 1. The van der Waals surface area contributed by atoms with Gasteiger partial charge in [0.05, 0.1) is 0 Å². The van der Waals surface area contributed by atoms with Crippen molar-refractivity contribution in [1.82, 2.24) is 18.5 Å². The molecule has 0 N–H and O–H groups in total. The monoisotopic (exact) mass is 350 g/mol. The van der Waals surface area contributed by atoms with Gasteiger partial charge < -0.3 is 0 Å². The summed E-state index contributed by atoms with van der Waals surface area (Å²) in [4.78, 5) is 16.8. The summed E-state index contributed by atoms with van der Waals surface area (Å²) in [5, 5.41) is 3.87. The van der Waals surface area contributed by atoms with Gasteiger partial charge in [-0.2, -0.15) is 12.7 Å². The van der Waals surface area contributed by atoms with Crippen molar-refractivity contribution < 1.29 is 13.2 Å². The first-order chi connectivity index (χ1) is 11.0. The van der Waals surface area contributed by atoms with Crippen LogP contribution in [0.2, 0.25) is 0 Å². The van der Waals surface area contributed by atoms with E-state index in [4.69, 9.17) is 0 Å². The molecule has 1 aromatic heterocycles. The van der Waals surface area contributed by atoms with Gasteiger partial charge in [-0.05, 0) is 62.4 Å². The van der Waals surface area contributed by atoms with E-state index in [1.807, 2.05) is 34.6 Å². The molecule has 0 aliphatic heterocycles. The third-order valence-electron chi connectivity index (χ3n) is 4.60. The Balaban J connectivity index is 2.59. The van der Waals surface area contributed by atoms with Crippen LogP contribution in [0.25, 0.3) is 0 Å². The van der Waals surface area contributed by atoms with Crippen LogP contribution in [-0.4, -0.2) is 46.8 Å². The number of carbonyl (C=O) groups excluding carboxylic acids is 1. The molecule has 7 nitrogen and oxygen atoms in total. The maximum Gasteiger partial charge on any atom is 0.323 e. The largest absolute Gasteiger partial charge is 0.323 e. The zero-order valence-electron chi connectivity index (χ0n) is 15.0. The van der Waals surface area contributed by atoms with E-state index in [9.17, 15) is 13.2 Å². The second kappa shape index (κ2) is 6.10. The minimum atomic E-state index is -3.79. The summed E-state index contributed by atoms with van der Waals surface area (Å²) in [5.41, 5.74) is 5.51. The van der Waals surface area contributed by atoms with Crippen molar-refractivity contribution in [1.29, 1.82) is 0 Å². The van der Waals surface area contributed by atoms with Crippen molar-refractivity contribution in [3.63, 3.8) is 0 Å². The molecule has 0 fully saturated rings. The lowest BCUT2D eigenvalue weighted by Crippen LogP contribution is -2.29. The van der Waals surface area contributed by atoms with E-state index in [1.165, 1.54) is 14.1 Å². The van der Waals surface area contributed by atoms with E-state index in [0.29, 0.717) is 9.65 Å². The number of aromatic nitrogens is 3. The molecule has 0 spiro atoms. The molecular formula is C16H22N4O3S. The van der Waals surface area contributed by atoms with Gasteiger partial charge in [0, 0.05) is 19.7 Å². The van der Waals surface area contributed by atoms with Crippen LogP contribution in [0.1, 0.15) is 44.0 Å². The van der Waals surface area contributed by atoms with Gasteiger partial charge in [-0.15, -0.1) is 9.19 Å². The average Bonchev–Trinajstić information content (AvgIpc) is 3.01. The van der Waals surface area contributed by atoms with E-state index in [2.05, 4.69) is 10.1 Å². The van der Waals surface area contributed by atoms with E-state index in [1.54, 1.807) is 0 Å². The second-order valence-corrected chi connectivity index (χ2v) is 8.06. The van der Waals surface area contributed by atoms with Crippen molar-refractivity contribution in [3.8, 4) is 0 Å². The van der Waals surface area contributed by atoms with Gasteiger partial charge in [-0.3, -0.25) is 4.79 Å². The lowest BCUT2D eigenvalue weighted by atomic mass is 9.87. The fraction of sp³-hybridized carbons (Fsp3) is 0.438. The van der Waals surface area contributed by atoms with Gasteiger partial charge in [-0.1, -0.05) is 0 Å². The van der Waals surface area contributed by atoms with Crippen LogP contribution in [0.15, 0.2) is 6.33 Å². The lowest BCUT2D eigenvalue weighted by molar-refractivity contribution is 0.102. The minimum absolute atomic E-state index is 0.130. The molecule has 0 saturated heterocycles. The number of hydrogen-bond acceptors (Lipinski definition) is 5. The number of hydrogen-bond donors (Lipinski definition) is 0. The van der Waals surface area contributed by atoms with Crippen LogP contribution >= 0.6 is 0 Å². The molecule has 2 rings (SSSR count). The molecule has 1 heterocycles. The molecule has 130 valence electrons. The van der Waals surface area contributed by atoms with Gasteiger partial charge >= 0.3 is 10.2 Å². The number of ketones is 1. The lowest BCUT2D eigenvalue weighted by Gasteiger charge is -2.16. The molecule has 0 bridgehead atoms. The van der Waals surface area contributed by atoms with Crippen molar-refractivity contribution in [3.05, 3.63) is 45.5 Å². The molecule has 0 atom stereocenters. The molecule has 8 heteroatoms. The Kier molecular flexibility index (Phi) is 4.65. The van der Waals surface area contributed by atoms with Crippen molar-refractivity contribution in [2.24, 2.45) is 0 Å². The molecular weight excluding hydrogens is 328 g/mol. The van der Waals surface area contributed by atoms with Crippen molar-refractivity contribution in [2.75, 3.05) is 14.1 Å². The highest BCUT2D eigenvalue weighted by atomic mass is 32.2.